The number of hydrogen-bond acceptors (Lipinski definition) is 5. The van der Waals surface area contributed by atoms with Gasteiger partial charge in [0.05, 0.1) is 0 Å². The molecule has 2 aliphatic rings. The zero-order valence-electron chi connectivity index (χ0n) is 16.1. The Morgan fingerprint density at radius 1 is 1.00 bits per heavy atom. The zero-order chi connectivity index (χ0) is 19.3. The van der Waals surface area contributed by atoms with Gasteiger partial charge < -0.3 is 9.80 Å². The van der Waals surface area contributed by atoms with E-state index in [1.807, 2.05) is 0 Å². The molecule has 150 valence electrons. The summed E-state index contributed by atoms with van der Waals surface area (Å²) in [6, 6.07) is 6.53. The molecule has 4 rings (SSSR count). The van der Waals surface area contributed by atoms with E-state index in [-0.39, 0.29) is 11.7 Å². The van der Waals surface area contributed by atoms with Crippen LogP contribution >= 0.6 is 11.3 Å². The topological polar surface area (TPSA) is 49.3 Å². The Bertz CT molecular complexity index is 778. The Morgan fingerprint density at radius 2 is 1.68 bits per heavy atom. The Hall–Kier alpha value is -2.02. The lowest BCUT2D eigenvalue weighted by Crippen LogP contribution is -2.43. The van der Waals surface area contributed by atoms with E-state index in [1.165, 1.54) is 25.0 Å². The molecular weight excluding hydrogens is 375 g/mol. The van der Waals surface area contributed by atoms with Crippen LogP contribution in [-0.2, 0) is 11.2 Å². The van der Waals surface area contributed by atoms with Crippen LogP contribution in [0, 0.1) is 11.7 Å². The first-order valence-corrected chi connectivity index (χ1v) is 11.1. The first kappa shape index (κ1) is 19.3. The number of carbonyl (C=O) groups is 1. The number of nitrogens with zero attached hydrogens (tertiary/aromatic N) is 4. The summed E-state index contributed by atoms with van der Waals surface area (Å²) in [4.78, 5) is 17.2. The summed E-state index contributed by atoms with van der Waals surface area (Å²) in [7, 11) is 0. The number of likely N-dealkylation sites (tertiary alicyclic amines) is 1. The summed E-state index contributed by atoms with van der Waals surface area (Å²) >= 11 is 1.59. The number of rotatable bonds is 4. The number of benzene rings is 1. The third-order valence-electron chi connectivity index (χ3n) is 5.76. The van der Waals surface area contributed by atoms with Crippen molar-refractivity contribution in [3.8, 4) is 0 Å². The van der Waals surface area contributed by atoms with Crippen LogP contribution in [0.15, 0.2) is 24.3 Å². The van der Waals surface area contributed by atoms with Gasteiger partial charge in [-0.05, 0) is 43.4 Å². The molecule has 28 heavy (non-hydrogen) atoms. The number of amides is 1. The van der Waals surface area contributed by atoms with Crippen LogP contribution in [0.25, 0.3) is 0 Å². The van der Waals surface area contributed by atoms with E-state index >= 15 is 0 Å². The van der Waals surface area contributed by atoms with E-state index in [2.05, 4.69) is 20.0 Å². The highest BCUT2D eigenvalue weighted by Gasteiger charge is 2.29. The van der Waals surface area contributed by atoms with Crippen molar-refractivity contribution in [2.45, 2.75) is 44.9 Å². The molecule has 0 spiro atoms. The molecule has 1 aromatic carbocycles. The fourth-order valence-electron chi connectivity index (χ4n) is 4.09. The molecule has 1 amide bonds. The monoisotopic (exact) mass is 402 g/mol. The van der Waals surface area contributed by atoms with Crippen molar-refractivity contribution in [1.82, 2.24) is 15.1 Å². The van der Waals surface area contributed by atoms with E-state index in [0.717, 1.165) is 67.6 Å². The smallest absolute Gasteiger partial charge is 0.225 e. The number of carbonyl (C=O) groups excluding carboxylic acids is 1. The van der Waals surface area contributed by atoms with Crippen LogP contribution in [-0.4, -0.2) is 47.2 Å². The molecule has 7 heteroatoms. The van der Waals surface area contributed by atoms with Gasteiger partial charge in [-0.15, -0.1) is 10.2 Å². The van der Waals surface area contributed by atoms with Gasteiger partial charge in [0.1, 0.15) is 10.8 Å². The molecule has 0 unspecified atom stereocenters. The second-order valence-electron chi connectivity index (χ2n) is 7.78. The van der Waals surface area contributed by atoms with Crippen molar-refractivity contribution in [3.05, 3.63) is 40.7 Å². The largest absolute Gasteiger partial charge is 0.347 e. The number of hydrogen-bond donors (Lipinski definition) is 0. The van der Waals surface area contributed by atoms with Gasteiger partial charge in [0.2, 0.25) is 11.0 Å². The summed E-state index contributed by atoms with van der Waals surface area (Å²) in [6.07, 6.45) is 7.24. The number of aromatic nitrogens is 2. The van der Waals surface area contributed by atoms with Crippen molar-refractivity contribution in [2.24, 2.45) is 5.92 Å². The van der Waals surface area contributed by atoms with E-state index in [0.29, 0.717) is 12.3 Å². The molecule has 0 saturated carbocycles. The van der Waals surface area contributed by atoms with E-state index in [1.54, 1.807) is 23.5 Å². The van der Waals surface area contributed by atoms with Gasteiger partial charge in [-0.25, -0.2) is 4.39 Å². The van der Waals surface area contributed by atoms with Crippen molar-refractivity contribution < 1.29 is 9.18 Å². The minimum Gasteiger partial charge on any atom is -0.347 e. The molecule has 0 bridgehead atoms. The number of anilines is 1. The molecule has 2 fully saturated rings. The highest BCUT2D eigenvalue weighted by molar-refractivity contribution is 7.15. The SMILES string of the molecule is O=C(C1CCN(c2nnc(Cc3ccc(F)cc3)s2)CC1)N1CCCCCC1. The minimum absolute atomic E-state index is 0.154. The van der Waals surface area contributed by atoms with Crippen LogP contribution < -0.4 is 4.90 Å². The molecule has 3 heterocycles. The quantitative estimate of drug-likeness (QED) is 0.779. The van der Waals surface area contributed by atoms with Gasteiger partial charge in [0, 0.05) is 38.5 Å². The molecule has 0 N–H and O–H groups in total. The summed E-state index contributed by atoms with van der Waals surface area (Å²) in [5.74, 6) is 0.288. The van der Waals surface area contributed by atoms with Gasteiger partial charge >= 0.3 is 0 Å². The highest BCUT2D eigenvalue weighted by Crippen LogP contribution is 2.28. The predicted octanol–water partition coefficient (Wildman–Crippen LogP) is 3.89. The maximum Gasteiger partial charge on any atom is 0.225 e. The van der Waals surface area contributed by atoms with Gasteiger partial charge in [-0.3, -0.25) is 4.79 Å². The lowest BCUT2D eigenvalue weighted by molar-refractivity contribution is -0.136. The Balaban J connectivity index is 1.30. The fourth-order valence-corrected chi connectivity index (χ4v) is 5.01. The fraction of sp³-hybridized carbons (Fsp3) is 0.571. The molecular formula is C21H27FN4OS. The second kappa shape index (κ2) is 8.99. The predicted molar refractivity (Wildman–Crippen MR) is 109 cm³/mol. The van der Waals surface area contributed by atoms with Crippen molar-refractivity contribution in [1.29, 1.82) is 0 Å². The maximum absolute atomic E-state index is 13.0. The molecule has 1 aromatic heterocycles. The first-order valence-electron chi connectivity index (χ1n) is 10.3. The Kier molecular flexibility index (Phi) is 6.20. The minimum atomic E-state index is -0.223. The highest BCUT2D eigenvalue weighted by atomic mass is 32.1. The molecule has 0 aliphatic carbocycles. The van der Waals surface area contributed by atoms with Gasteiger partial charge in [-0.2, -0.15) is 0 Å². The zero-order valence-corrected chi connectivity index (χ0v) is 17.0. The van der Waals surface area contributed by atoms with E-state index in [9.17, 15) is 9.18 Å². The summed E-state index contributed by atoms with van der Waals surface area (Å²) < 4.78 is 13.0. The molecule has 0 radical (unpaired) electrons. The normalized spacial score (nSPS) is 18.9. The van der Waals surface area contributed by atoms with Crippen LogP contribution in [0.5, 0.6) is 0 Å². The standard InChI is InChI=1S/C21H27FN4OS/c22-18-7-5-16(6-8-18)15-19-23-24-21(28-19)26-13-9-17(10-14-26)20(27)25-11-3-1-2-4-12-25/h5-8,17H,1-4,9-15H2. The van der Waals surface area contributed by atoms with Crippen LogP contribution in [0.1, 0.15) is 49.1 Å². The average Bonchev–Trinajstić information content (AvgIpc) is 3.01. The molecule has 0 atom stereocenters. The van der Waals surface area contributed by atoms with Crippen molar-refractivity contribution in [3.63, 3.8) is 0 Å². The van der Waals surface area contributed by atoms with Gasteiger partial charge in [0.15, 0.2) is 0 Å². The van der Waals surface area contributed by atoms with E-state index < -0.39 is 0 Å². The number of piperidine rings is 1. The summed E-state index contributed by atoms with van der Waals surface area (Å²) in [5.41, 5.74) is 1.03. The summed E-state index contributed by atoms with van der Waals surface area (Å²) in [5, 5.41) is 10.5. The number of halogens is 1. The van der Waals surface area contributed by atoms with Gasteiger partial charge in [0.25, 0.3) is 0 Å². The average molecular weight is 403 g/mol. The van der Waals surface area contributed by atoms with Crippen LogP contribution in [0.3, 0.4) is 0 Å². The second-order valence-corrected chi connectivity index (χ2v) is 8.82. The van der Waals surface area contributed by atoms with E-state index in [4.69, 9.17) is 0 Å². The van der Waals surface area contributed by atoms with Crippen LogP contribution in [0.4, 0.5) is 9.52 Å². The first-order chi connectivity index (χ1) is 13.7. The summed E-state index contributed by atoms with van der Waals surface area (Å²) in [6.45, 7) is 3.58. The van der Waals surface area contributed by atoms with Crippen LogP contribution in [0.2, 0.25) is 0 Å². The lowest BCUT2D eigenvalue weighted by atomic mass is 9.95. The third kappa shape index (κ3) is 4.69. The molecule has 2 aliphatic heterocycles. The maximum atomic E-state index is 13.0. The molecule has 2 saturated heterocycles. The Labute approximate surface area is 169 Å². The van der Waals surface area contributed by atoms with Gasteiger partial charge in [-0.1, -0.05) is 36.3 Å². The molecule has 2 aromatic rings. The van der Waals surface area contributed by atoms with Crippen molar-refractivity contribution >= 4 is 22.4 Å². The lowest BCUT2D eigenvalue weighted by Gasteiger charge is -2.33. The molecule has 5 nitrogen and oxygen atoms in total. The Morgan fingerprint density at radius 3 is 2.36 bits per heavy atom. The van der Waals surface area contributed by atoms with Crippen molar-refractivity contribution in [2.75, 3.05) is 31.1 Å². The third-order valence-corrected chi connectivity index (χ3v) is 6.74.